The molecule has 2 aliphatic heterocycles. The number of benzene rings is 1. The van der Waals surface area contributed by atoms with E-state index in [-0.39, 0.29) is 11.8 Å². The van der Waals surface area contributed by atoms with Crippen LogP contribution in [0.4, 0.5) is 0 Å². The molecule has 0 N–H and O–H groups in total. The number of hydrogen-bond donors (Lipinski definition) is 0. The van der Waals surface area contributed by atoms with Crippen LogP contribution in [0.25, 0.3) is 0 Å². The van der Waals surface area contributed by atoms with Gasteiger partial charge in [0.25, 0.3) is 0 Å². The van der Waals surface area contributed by atoms with Gasteiger partial charge in [-0.2, -0.15) is 0 Å². The Bertz CT molecular complexity index is 753. The number of carbonyl (C=O) groups excluding carboxylic acids is 2. The first kappa shape index (κ1) is 18.1. The van der Waals surface area contributed by atoms with Gasteiger partial charge in [-0.15, -0.1) is 0 Å². The van der Waals surface area contributed by atoms with Crippen LogP contribution in [0.2, 0.25) is 0 Å². The van der Waals surface area contributed by atoms with Crippen LogP contribution in [-0.4, -0.2) is 68.7 Å². The molecule has 0 spiro atoms. The zero-order valence-electron chi connectivity index (χ0n) is 16.0. The van der Waals surface area contributed by atoms with Gasteiger partial charge in [0.15, 0.2) is 11.5 Å². The summed E-state index contributed by atoms with van der Waals surface area (Å²) in [5.74, 6) is 1.32. The van der Waals surface area contributed by atoms with Crippen molar-refractivity contribution < 1.29 is 23.8 Å². The molecule has 0 unspecified atom stereocenters. The van der Waals surface area contributed by atoms with E-state index in [0.717, 1.165) is 12.0 Å². The summed E-state index contributed by atoms with van der Waals surface area (Å²) in [6.07, 6.45) is 2.05. The number of methoxy groups -OCH3 is 2. The first-order valence-corrected chi connectivity index (χ1v) is 9.49. The fourth-order valence-corrected chi connectivity index (χ4v) is 4.07. The minimum Gasteiger partial charge on any atom is -0.493 e. The normalized spacial score (nSPS) is 20.7. The molecule has 27 heavy (non-hydrogen) atoms. The fourth-order valence-electron chi connectivity index (χ4n) is 4.07. The third-order valence-corrected chi connectivity index (χ3v) is 5.87. The fraction of sp³-hybridized carbons (Fsp3) is 0.600. The summed E-state index contributed by atoms with van der Waals surface area (Å²) in [4.78, 5) is 29.9. The molecule has 2 fully saturated rings. The van der Waals surface area contributed by atoms with Crippen LogP contribution >= 0.6 is 0 Å². The van der Waals surface area contributed by atoms with E-state index in [1.807, 2.05) is 17.0 Å². The molecule has 4 rings (SSSR count). The van der Waals surface area contributed by atoms with E-state index in [0.29, 0.717) is 63.7 Å². The van der Waals surface area contributed by atoms with Crippen LogP contribution in [0.5, 0.6) is 11.5 Å². The Morgan fingerprint density at radius 3 is 2.11 bits per heavy atom. The summed E-state index contributed by atoms with van der Waals surface area (Å²) in [6, 6.07) is 3.93. The van der Waals surface area contributed by atoms with Gasteiger partial charge in [0.1, 0.15) is 5.41 Å². The second-order valence-electron chi connectivity index (χ2n) is 7.44. The highest BCUT2D eigenvalue weighted by Gasteiger charge is 2.59. The van der Waals surface area contributed by atoms with E-state index in [1.54, 1.807) is 19.1 Å². The van der Waals surface area contributed by atoms with E-state index in [9.17, 15) is 9.59 Å². The predicted molar refractivity (Wildman–Crippen MR) is 97.7 cm³/mol. The topological polar surface area (TPSA) is 68.3 Å². The minimum atomic E-state index is -0.842. The van der Waals surface area contributed by atoms with Crippen LogP contribution in [0.1, 0.15) is 24.0 Å². The lowest BCUT2D eigenvalue weighted by Crippen LogP contribution is -2.50. The molecule has 1 aromatic carbocycles. The molecule has 146 valence electrons. The van der Waals surface area contributed by atoms with Crippen molar-refractivity contribution in [3.8, 4) is 11.5 Å². The number of amides is 2. The largest absolute Gasteiger partial charge is 0.493 e. The smallest absolute Gasteiger partial charge is 0.238 e. The Balaban J connectivity index is 1.51. The van der Waals surface area contributed by atoms with Crippen LogP contribution in [-0.2, 0) is 27.3 Å². The molecule has 0 aromatic heterocycles. The molecule has 2 amide bonds. The molecule has 2 heterocycles. The van der Waals surface area contributed by atoms with Gasteiger partial charge >= 0.3 is 0 Å². The molecule has 0 radical (unpaired) electrons. The number of hydrogen-bond acceptors (Lipinski definition) is 5. The second kappa shape index (κ2) is 7.03. The molecule has 1 aromatic rings. The van der Waals surface area contributed by atoms with E-state index >= 15 is 0 Å². The number of ether oxygens (including phenoxy) is 3. The maximum absolute atomic E-state index is 13.2. The lowest BCUT2D eigenvalue weighted by molar-refractivity contribution is -0.152. The average Bonchev–Trinajstić information content (AvgIpc) is 3.53. The Kier molecular flexibility index (Phi) is 4.72. The quantitative estimate of drug-likeness (QED) is 0.742. The summed E-state index contributed by atoms with van der Waals surface area (Å²) in [7, 11) is 3.23. The van der Waals surface area contributed by atoms with Gasteiger partial charge in [-0.25, -0.2) is 0 Å². The van der Waals surface area contributed by atoms with Crippen molar-refractivity contribution in [2.24, 2.45) is 5.41 Å². The van der Waals surface area contributed by atoms with Gasteiger partial charge < -0.3 is 24.0 Å². The van der Waals surface area contributed by atoms with Gasteiger partial charge in [0, 0.05) is 26.2 Å². The van der Waals surface area contributed by atoms with E-state index in [1.165, 1.54) is 5.56 Å². The molecule has 1 saturated heterocycles. The van der Waals surface area contributed by atoms with E-state index < -0.39 is 5.41 Å². The van der Waals surface area contributed by atoms with Gasteiger partial charge in [0.2, 0.25) is 11.8 Å². The highest BCUT2D eigenvalue weighted by molar-refractivity contribution is 6.08. The first-order chi connectivity index (χ1) is 13.1. The standard InChI is InChI=1S/C20H26N2O5/c1-25-16-11-14-3-6-22(13-15(14)12-17(16)26-2)19(24)20(4-5-20)18(23)21-7-9-27-10-8-21/h11-12H,3-10,13H2,1-2H3. The maximum atomic E-state index is 13.2. The van der Waals surface area contributed by atoms with Crippen molar-refractivity contribution in [1.29, 1.82) is 0 Å². The van der Waals surface area contributed by atoms with Gasteiger partial charge in [-0.3, -0.25) is 9.59 Å². The lowest BCUT2D eigenvalue weighted by Gasteiger charge is -2.35. The molecule has 1 saturated carbocycles. The van der Waals surface area contributed by atoms with Crippen molar-refractivity contribution in [3.63, 3.8) is 0 Å². The molecule has 0 bridgehead atoms. The van der Waals surface area contributed by atoms with Crippen LogP contribution in [0.15, 0.2) is 12.1 Å². The zero-order valence-corrected chi connectivity index (χ0v) is 16.0. The molecule has 0 atom stereocenters. The number of morpholine rings is 1. The van der Waals surface area contributed by atoms with Gasteiger partial charge in [-0.05, 0) is 42.5 Å². The van der Waals surface area contributed by atoms with Gasteiger partial charge in [-0.1, -0.05) is 0 Å². The van der Waals surface area contributed by atoms with E-state index in [2.05, 4.69) is 0 Å². The highest BCUT2D eigenvalue weighted by Crippen LogP contribution is 2.49. The second-order valence-corrected chi connectivity index (χ2v) is 7.44. The van der Waals surface area contributed by atoms with Crippen molar-refractivity contribution >= 4 is 11.8 Å². The molecule has 3 aliphatic rings. The molecule has 1 aliphatic carbocycles. The van der Waals surface area contributed by atoms with Crippen LogP contribution in [0, 0.1) is 5.41 Å². The van der Waals surface area contributed by atoms with E-state index in [4.69, 9.17) is 14.2 Å². The van der Waals surface area contributed by atoms with Crippen molar-refractivity contribution in [3.05, 3.63) is 23.3 Å². The lowest BCUT2D eigenvalue weighted by atomic mass is 9.96. The number of rotatable bonds is 4. The number of carbonyl (C=O) groups is 2. The zero-order chi connectivity index (χ0) is 19.0. The summed E-state index contributed by atoms with van der Waals surface area (Å²) < 4.78 is 16.1. The Morgan fingerprint density at radius 1 is 0.926 bits per heavy atom. The summed E-state index contributed by atoms with van der Waals surface area (Å²) in [5, 5.41) is 0. The molecule has 7 heteroatoms. The first-order valence-electron chi connectivity index (χ1n) is 9.49. The third-order valence-electron chi connectivity index (χ3n) is 5.87. The summed E-state index contributed by atoms with van der Waals surface area (Å²) in [6.45, 7) is 3.39. The maximum Gasteiger partial charge on any atom is 0.238 e. The van der Waals surface area contributed by atoms with Crippen LogP contribution in [0.3, 0.4) is 0 Å². The van der Waals surface area contributed by atoms with Crippen molar-refractivity contribution in [2.45, 2.75) is 25.8 Å². The monoisotopic (exact) mass is 374 g/mol. The average molecular weight is 374 g/mol. The Labute approximate surface area is 159 Å². The van der Waals surface area contributed by atoms with Crippen molar-refractivity contribution in [2.75, 3.05) is 47.1 Å². The molecular formula is C20H26N2O5. The Morgan fingerprint density at radius 2 is 1.52 bits per heavy atom. The summed E-state index contributed by atoms with van der Waals surface area (Å²) in [5.41, 5.74) is 1.38. The summed E-state index contributed by atoms with van der Waals surface area (Å²) >= 11 is 0. The van der Waals surface area contributed by atoms with Crippen molar-refractivity contribution in [1.82, 2.24) is 9.80 Å². The Hall–Kier alpha value is -2.28. The third kappa shape index (κ3) is 3.14. The molecule has 7 nitrogen and oxygen atoms in total. The number of nitrogens with zero attached hydrogens (tertiary/aromatic N) is 2. The van der Waals surface area contributed by atoms with Gasteiger partial charge in [0.05, 0.1) is 27.4 Å². The SMILES string of the molecule is COc1cc2c(cc1OC)CN(C(=O)C1(C(=O)N3CCOCC3)CC1)CC2. The minimum absolute atomic E-state index is 0.0195. The highest BCUT2D eigenvalue weighted by atomic mass is 16.5. The van der Waals surface area contributed by atoms with Crippen LogP contribution < -0.4 is 9.47 Å². The molecular weight excluding hydrogens is 348 g/mol. The predicted octanol–water partition coefficient (Wildman–Crippen LogP) is 1.23. The number of fused-ring (bicyclic) bond motifs is 1.